The standard InChI is InChI=1S/C20H15Cl2N5OS2/c1-12-25-26-20(27(12)14-5-3-2-4-6-14)30-11-18(28)24-19-23-17(10-29-19)15-8-7-13(21)9-16(15)22/h2-10H,11H2,1H3,(H,23,24,28). The van der Waals surface area contributed by atoms with Gasteiger partial charge in [0.2, 0.25) is 5.91 Å². The van der Waals surface area contributed by atoms with E-state index in [0.29, 0.717) is 26.0 Å². The Balaban J connectivity index is 1.42. The van der Waals surface area contributed by atoms with Crippen LogP contribution in [0.25, 0.3) is 16.9 Å². The normalized spacial score (nSPS) is 10.9. The number of nitrogens with one attached hydrogen (secondary N) is 1. The van der Waals surface area contributed by atoms with E-state index in [1.807, 2.05) is 47.2 Å². The molecule has 0 spiro atoms. The van der Waals surface area contributed by atoms with Gasteiger partial charge in [0, 0.05) is 21.7 Å². The van der Waals surface area contributed by atoms with Gasteiger partial charge in [-0.1, -0.05) is 53.2 Å². The Morgan fingerprint density at radius 2 is 1.97 bits per heavy atom. The van der Waals surface area contributed by atoms with Gasteiger partial charge in [0.05, 0.1) is 16.5 Å². The maximum Gasteiger partial charge on any atom is 0.236 e. The van der Waals surface area contributed by atoms with Gasteiger partial charge in [0.1, 0.15) is 5.82 Å². The maximum absolute atomic E-state index is 12.4. The number of carbonyl (C=O) groups is 1. The third-order valence-corrected chi connectivity index (χ3v) is 6.33. The van der Waals surface area contributed by atoms with Crippen molar-refractivity contribution >= 4 is 57.3 Å². The summed E-state index contributed by atoms with van der Waals surface area (Å²) < 4.78 is 1.92. The van der Waals surface area contributed by atoms with Gasteiger partial charge in [-0.15, -0.1) is 21.5 Å². The Kier molecular flexibility index (Phi) is 6.38. The average Bonchev–Trinajstić information content (AvgIpc) is 3.33. The van der Waals surface area contributed by atoms with Crippen molar-refractivity contribution in [2.45, 2.75) is 12.1 Å². The number of amides is 1. The van der Waals surface area contributed by atoms with Crippen LogP contribution in [-0.4, -0.2) is 31.4 Å². The van der Waals surface area contributed by atoms with Crippen LogP contribution in [0.3, 0.4) is 0 Å². The fourth-order valence-corrected chi connectivity index (χ4v) is 4.78. The van der Waals surface area contributed by atoms with E-state index in [4.69, 9.17) is 23.2 Å². The Bertz CT molecular complexity index is 1190. The number of hydrogen-bond donors (Lipinski definition) is 1. The predicted octanol–water partition coefficient (Wildman–Crippen LogP) is 5.74. The van der Waals surface area contributed by atoms with E-state index in [0.717, 1.165) is 17.1 Å². The van der Waals surface area contributed by atoms with Crippen LogP contribution in [0.4, 0.5) is 5.13 Å². The second-order valence-corrected chi connectivity index (χ2v) is 8.84. The molecular formula is C20H15Cl2N5OS2. The number of nitrogens with zero attached hydrogens (tertiary/aromatic N) is 4. The summed E-state index contributed by atoms with van der Waals surface area (Å²) in [6, 6.07) is 15.0. The first-order valence-corrected chi connectivity index (χ1v) is 11.4. The lowest BCUT2D eigenvalue weighted by atomic mass is 10.2. The van der Waals surface area contributed by atoms with Gasteiger partial charge < -0.3 is 5.32 Å². The molecule has 152 valence electrons. The van der Waals surface area contributed by atoms with Gasteiger partial charge in [-0.05, 0) is 37.3 Å². The van der Waals surface area contributed by atoms with Gasteiger partial charge >= 0.3 is 0 Å². The fraction of sp³-hybridized carbons (Fsp3) is 0.100. The summed E-state index contributed by atoms with van der Waals surface area (Å²) in [5.41, 5.74) is 2.40. The zero-order valence-electron chi connectivity index (χ0n) is 15.7. The molecule has 4 rings (SSSR count). The smallest absolute Gasteiger partial charge is 0.236 e. The third-order valence-electron chi connectivity index (χ3n) is 4.10. The van der Waals surface area contributed by atoms with Gasteiger partial charge in [-0.3, -0.25) is 9.36 Å². The van der Waals surface area contributed by atoms with Crippen molar-refractivity contribution in [3.8, 4) is 16.9 Å². The quantitative estimate of drug-likeness (QED) is 0.360. The molecule has 0 aliphatic heterocycles. The van der Waals surface area contributed by atoms with Crippen molar-refractivity contribution in [3.05, 3.63) is 69.8 Å². The lowest BCUT2D eigenvalue weighted by molar-refractivity contribution is -0.113. The Labute approximate surface area is 191 Å². The molecule has 0 saturated heterocycles. The van der Waals surface area contributed by atoms with Crippen LogP contribution in [-0.2, 0) is 4.79 Å². The molecule has 0 aliphatic carbocycles. The fourth-order valence-electron chi connectivity index (χ4n) is 2.75. The first-order chi connectivity index (χ1) is 14.5. The van der Waals surface area contributed by atoms with Crippen molar-refractivity contribution in [2.24, 2.45) is 0 Å². The van der Waals surface area contributed by atoms with Crippen molar-refractivity contribution in [2.75, 3.05) is 11.1 Å². The number of thiazole rings is 1. The highest BCUT2D eigenvalue weighted by Crippen LogP contribution is 2.32. The number of aromatic nitrogens is 4. The van der Waals surface area contributed by atoms with E-state index >= 15 is 0 Å². The van der Waals surface area contributed by atoms with E-state index in [2.05, 4.69) is 20.5 Å². The van der Waals surface area contributed by atoms with Crippen LogP contribution < -0.4 is 5.32 Å². The molecule has 0 atom stereocenters. The van der Waals surface area contributed by atoms with E-state index in [1.54, 1.807) is 18.2 Å². The number of anilines is 1. The summed E-state index contributed by atoms with van der Waals surface area (Å²) in [5.74, 6) is 0.763. The number of benzene rings is 2. The summed E-state index contributed by atoms with van der Waals surface area (Å²) in [6.45, 7) is 1.88. The third kappa shape index (κ3) is 4.67. The molecule has 0 saturated carbocycles. The average molecular weight is 476 g/mol. The molecule has 1 amide bonds. The van der Waals surface area contributed by atoms with Gasteiger partial charge in [-0.2, -0.15) is 0 Å². The van der Waals surface area contributed by atoms with E-state index < -0.39 is 0 Å². The van der Waals surface area contributed by atoms with Gasteiger partial charge in [-0.25, -0.2) is 4.98 Å². The lowest BCUT2D eigenvalue weighted by Gasteiger charge is -2.07. The first-order valence-electron chi connectivity index (χ1n) is 8.82. The minimum atomic E-state index is -0.177. The monoisotopic (exact) mass is 475 g/mol. The highest BCUT2D eigenvalue weighted by Gasteiger charge is 2.15. The Morgan fingerprint density at radius 1 is 1.17 bits per heavy atom. The molecule has 30 heavy (non-hydrogen) atoms. The molecule has 0 unspecified atom stereocenters. The van der Waals surface area contributed by atoms with Gasteiger partial charge in [0.15, 0.2) is 10.3 Å². The largest absolute Gasteiger partial charge is 0.301 e. The molecule has 4 aromatic rings. The van der Waals surface area contributed by atoms with Crippen LogP contribution in [0.2, 0.25) is 10.0 Å². The van der Waals surface area contributed by atoms with Crippen LogP contribution in [0.1, 0.15) is 5.82 Å². The summed E-state index contributed by atoms with van der Waals surface area (Å²) in [5, 5.41) is 15.2. The summed E-state index contributed by atoms with van der Waals surface area (Å²) >= 11 is 14.8. The number of rotatable bonds is 6. The van der Waals surface area contributed by atoms with Crippen molar-refractivity contribution in [3.63, 3.8) is 0 Å². The maximum atomic E-state index is 12.4. The van der Waals surface area contributed by atoms with Crippen LogP contribution in [0.5, 0.6) is 0 Å². The minimum absolute atomic E-state index is 0.177. The Hall–Kier alpha value is -2.39. The second-order valence-electron chi connectivity index (χ2n) is 6.20. The number of thioether (sulfide) groups is 1. The molecular weight excluding hydrogens is 461 g/mol. The number of carbonyl (C=O) groups excluding carboxylic acids is 1. The number of aryl methyl sites for hydroxylation is 1. The Morgan fingerprint density at radius 3 is 2.73 bits per heavy atom. The second kappa shape index (κ2) is 9.18. The molecule has 10 heteroatoms. The lowest BCUT2D eigenvalue weighted by Crippen LogP contribution is -2.14. The number of halogens is 2. The number of hydrogen-bond acceptors (Lipinski definition) is 6. The van der Waals surface area contributed by atoms with E-state index in [-0.39, 0.29) is 11.7 Å². The molecule has 1 N–H and O–H groups in total. The first kappa shape index (κ1) is 20.9. The summed E-state index contributed by atoms with van der Waals surface area (Å²) in [6.07, 6.45) is 0. The molecule has 0 fully saturated rings. The van der Waals surface area contributed by atoms with E-state index in [1.165, 1.54) is 23.1 Å². The zero-order chi connectivity index (χ0) is 21.1. The molecule has 2 aromatic heterocycles. The molecule has 0 bridgehead atoms. The highest BCUT2D eigenvalue weighted by atomic mass is 35.5. The summed E-state index contributed by atoms with van der Waals surface area (Å²) in [4.78, 5) is 16.9. The van der Waals surface area contributed by atoms with Gasteiger partial charge in [0.25, 0.3) is 0 Å². The van der Waals surface area contributed by atoms with Crippen LogP contribution in [0, 0.1) is 6.92 Å². The molecule has 2 heterocycles. The zero-order valence-corrected chi connectivity index (χ0v) is 18.8. The molecule has 0 radical (unpaired) electrons. The van der Waals surface area contributed by atoms with Crippen molar-refractivity contribution < 1.29 is 4.79 Å². The number of para-hydroxylation sites is 1. The summed E-state index contributed by atoms with van der Waals surface area (Å²) in [7, 11) is 0. The minimum Gasteiger partial charge on any atom is -0.301 e. The SMILES string of the molecule is Cc1nnc(SCC(=O)Nc2nc(-c3ccc(Cl)cc3Cl)cs2)n1-c1ccccc1. The topological polar surface area (TPSA) is 72.7 Å². The van der Waals surface area contributed by atoms with Crippen molar-refractivity contribution in [1.29, 1.82) is 0 Å². The van der Waals surface area contributed by atoms with Crippen LogP contribution >= 0.6 is 46.3 Å². The molecule has 2 aromatic carbocycles. The van der Waals surface area contributed by atoms with Crippen LogP contribution in [0.15, 0.2) is 59.1 Å². The highest BCUT2D eigenvalue weighted by molar-refractivity contribution is 7.99. The predicted molar refractivity (Wildman–Crippen MR) is 123 cm³/mol. The van der Waals surface area contributed by atoms with E-state index in [9.17, 15) is 4.79 Å². The molecule has 0 aliphatic rings. The van der Waals surface area contributed by atoms with Crippen molar-refractivity contribution in [1.82, 2.24) is 19.7 Å². The molecule has 6 nitrogen and oxygen atoms in total.